The van der Waals surface area contributed by atoms with E-state index in [0.717, 1.165) is 12.8 Å². The average Bonchev–Trinajstić information content (AvgIpc) is 3.18. The number of aromatic nitrogens is 2. The van der Waals surface area contributed by atoms with Crippen LogP contribution in [0.2, 0.25) is 0 Å². The second-order valence-electron chi connectivity index (χ2n) is 4.73. The fourth-order valence-electron chi connectivity index (χ4n) is 2.11. The van der Waals surface area contributed by atoms with Crippen LogP contribution in [0.15, 0.2) is 6.20 Å². The van der Waals surface area contributed by atoms with Gasteiger partial charge in [-0.2, -0.15) is 5.10 Å². The molecule has 1 aliphatic carbocycles. The first-order valence-electron chi connectivity index (χ1n) is 6.86. The Morgan fingerprint density at radius 3 is 2.75 bits per heavy atom. The van der Waals surface area contributed by atoms with Crippen LogP contribution in [-0.4, -0.2) is 45.8 Å². The number of carbonyl (C=O) groups excluding carboxylic acids is 2. The molecule has 1 saturated carbocycles. The van der Waals surface area contributed by atoms with Crippen LogP contribution in [0, 0.1) is 0 Å². The molecule has 0 atom stereocenters. The van der Waals surface area contributed by atoms with E-state index in [0.29, 0.717) is 24.5 Å². The van der Waals surface area contributed by atoms with Gasteiger partial charge in [-0.05, 0) is 26.7 Å². The molecule has 1 aromatic heterocycles. The van der Waals surface area contributed by atoms with Crippen LogP contribution >= 0.6 is 0 Å². The summed E-state index contributed by atoms with van der Waals surface area (Å²) in [4.78, 5) is 25.8. The van der Waals surface area contributed by atoms with Gasteiger partial charge in [-0.15, -0.1) is 0 Å². The molecular weight excluding hydrogens is 260 g/mol. The zero-order valence-corrected chi connectivity index (χ0v) is 11.8. The molecule has 110 valence electrons. The Bertz CT molecular complexity index is 508. The molecule has 0 aromatic carbocycles. The van der Waals surface area contributed by atoms with E-state index in [2.05, 4.69) is 5.10 Å². The minimum Gasteiger partial charge on any atom is -0.465 e. The van der Waals surface area contributed by atoms with Gasteiger partial charge in [0.15, 0.2) is 0 Å². The van der Waals surface area contributed by atoms with Gasteiger partial charge in [0.2, 0.25) is 0 Å². The highest BCUT2D eigenvalue weighted by Crippen LogP contribution is 2.29. The number of anilines is 1. The highest BCUT2D eigenvalue weighted by atomic mass is 16.5. The Balaban J connectivity index is 2.18. The van der Waals surface area contributed by atoms with Crippen LogP contribution in [-0.2, 0) is 16.1 Å². The zero-order chi connectivity index (χ0) is 14.7. The van der Waals surface area contributed by atoms with E-state index >= 15 is 0 Å². The molecule has 2 N–H and O–H groups in total. The molecule has 1 aromatic rings. The smallest absolute Gasteiger partial charge is 0.325 e. The van der Waals surface area contributed by atoms with Crippen LogP contribution in [0.1, 0.15) is 37.2 Å². The Morgan fingerprint density at radius 2 is 2.20 bits per heavy atom. The van der Waals surface area contributed by atoms with Gasteiger partial charge < -0.3 is 15.4 Å². The molecule has 2 rings (SSSR count). The quantitative estimate of drug-likeness (QED) is 0.773. The average molecular weight is 280 g/mol. The fraction of sp³-hybridized carbons (Fsp3) is 0.615. The number of ether oxygens (including phenoxy) is 1. The third-order valence-corrected chi connectivity index (χ3v) is 3.22. The molecule has 0 spiro atoms. The normalized spacial score (nSPS) is 14.1. The summed E-state index contributed by atoms with van der Waals surface area (Å²) in [5.74, 6) is -0.647. The molecule has 7 nitrogen and oxygen atoms in total. The van der Waals surface area contributed by atoms with Crippen molar-refractivity contribution in [2.24, 2.45) is 0 Å². The molecule has 0 bridgehead atoms. The maximum absolute atomic E-state index is 12.6. The summed E-state index contributed by atoms with van der Waals surface area (Å²) in [5.41, 5.74) is 6.51. The summed E-state index contributed by atoms with van der Waals surface area (Å²) in [5, 5.41) is 4.06. The van der Waals surface area contributed by atoms with E-state index < -0.39 is 5.97 Å². The van der Waals surface area contributed by atoms with Gasteiger partial charge in [-0.3, -0.25) is 14.3 Å². The third kappa shape index (κ3) is 2.92. The number of nitrogens with two attached hydrogens (primary N) is 1. The largest absolute Gasteiger partial charge is 0.465 e. The first-order chi connectivity index (χ1) is 9.58. The van der Waals surface area contributed by atoms with E-state index in [4.69, 9.17) is 10.5 Å². The zero-order valence-electron chi connectivity index (χ0n) is 11.8. The number of hydrogen-bond acceptors (Lipinski definition) is 5. The van der Waals surface area contributed by atoms with Crippen LogP contribution in [0.4, 0.5) is 5.69 Å². The van der Waals surface area contributed by atoms with E-state index in [1.807, 2.05) is 6.92 Å². The summed E-state index contributed by atoms with van der Waals surface area (Å²) in [6, 6.07) is 0.103. The topological polar surface area (TPSA) is 90.4 Å². The number of esters is 1. The van der Waals surface area contributed by atoms with Crippen molar-refractivity contribution in [3.8, 4) is 0 Å². The van der Waals surface area contributed by atoms with E-state index in [1.165, 1.54) is 11.1 Å². The molecule has 7 heteroatoms. The number of amides is 1. The maximum atomic E-state index is 12.6. The predicted molar refractivity (Wildman–Crippen MR) is 73.0 cm³/mol. The molecule has 1 amide bonds. The Hall–Kier alpha value is -2.05. The maximum Gasteiger partial charge on any atom is 0.325 e. The number of carbonyl (C=O) groups is 2. The van der Waals surface area contributed by atoms with Crippen molar-refractivity contribution < 1.29 is 14.3 Å². The van der Waals surface area contributed by atoms with Crippen LogP contribution in [0.5, 0.6) is 0 Å². The molecule has 0 saturated heterocycles. The monoisotopic (exact) mass is 280 g/mol. The van der Waals surface area contributed by atoms with Crippen molar-refractivity contribution in [2.45, 2.75) is 39.3 Å². The standard InChI is InChI=1S/C13H20N4O3/c1-3-17-12(10(14)7-15-17)13(19)16(9-5-6-9)8-11(18)20-4-2/h7,9H,3-6,8,14H2,1-2H3. The van der Waals surface area contributed by atoms with Gasteiger partial charge >= 0.3 is 5.97 Å². The first-order valence-corrected chi connectivity index (χ1v) is 6.86. The van der Waals surface area contributed by atoms with E-state index in [9.17, 15) is 9.59 Å². The van der Waals surface area contributed by atoms with Crippen LogP contribution in [0.25, 0.3) is 0 Å². The van der Waals surface area contributed by atoms with Crippen molar-refractivity contribution in [3.05, 3.63) is 11.9 Å². The number of nitrogens with zero attached hydrogens (tertiary/aromatic N) is 3. The van der Waals surface area contributed by atoms with Gasteiger partial charge in [0.1, 0.15) is 12.2 Å². The third-order valence-electron chi connectivity index (χ3n) is 3.22. The molecule has 1 aliphatic rings. The van der Waals surface area contributed by atoms with Gasteiger partial charge in [-0.25, -0.2) is 0 Å². The second kappa shape index (κ2) is 5.94. The predicted octanol–water partition coefficient (Wildman–Crippen LogP) is 0.653. The van der Waals surface area contributed by atoms with Gasteiger partial charge in [-0.1, -0.05) is 0 Å². The Labute approximate surface area is 117 Å². The molecule has 0 unspecified atom stereocenters. The van der Waals surface area contributed by atoms with Gasteiger partial charge in [0, 0.05) is 12.6 Å². The van der Waals surface area contributed by atoms with E-state index in [-0.39, 0.29) is 18.5 Å². The lowest BCUT2D eigenvalue weighted by Gasteiger charge is -2.21. The summed E-state index contributed by atoms with van der Waals surface area (Å²) < 4.78 is 6.47. The molecule has 1 fully saturated rings. The molecule has 1 heterocycles. The molecule has 20 heavy (non-hydrogen) atoms. The lowest BCUT2D eigenvalue weighted by Crippen LogP contribution is -2.39. The minimum atomic E-state index is -0.395. The fourth-order valence-corrected chi connectivity index (χ4v) is 2.11. The Morgan fingerprint density at radius 1 is 1.50 bits per heavy atom. The SMILES string of the molecule is CCOC(=O)CN(C(=O)c1c(N)cnn1CC)C1CC1. The van der Waals surface area contributed by atoms with Crippen molar-refractivity contribution in [1.29, 1.82) is 0 Å². The number of aryl methyl sites for hydroxylation is 1. The summed E-state index contributed by atoms with van der Waals surface area (Å²) in [6.45, 7) is 4.45. The number of nitrogen functional groups attached to an aromatic ring is 1. The summed E-state index contributed by atoms with van der Waals surface area (Å²) in [6.07, 6.45) is 3.28. The Kier molecular flexibility index (Phi) is 4.26. The lowest BCUT2D eigenvalue weighted by molar-refractivity contribution is -0.144. The minimum absolute atomic E-state index is 0.0360. The summed E-state index contributed by atoms with van der Waals surface area (Å²) in [7, 11) is 0. The van der Waals surface area contributed by atoms with Crippen molar-refractivity contribution in [3.63, 3.8) is 0 Å². The molecular formula is C13H20N4O3. The molecule has 0 radical (unpaired) electrons. The van der Waals surface area contributed by atoms with Crippen molar-refractivity contribution in [2.75, 3.05) is 18.9 Å². The highest BCUT2D eigenvalue weighted by Gasteiger charge is 2.36. The number of hydrogen-bond donors (Lipinski definition) is 1. The number of rotatable bonds is 6. The first kappa shape index (κ1) is 14.4. The van der Waals surface area contributed by atoms with Crippen molar-refractivity contribution in [1.82, 2.24) is 14.7 Å². The van der Waals surface area contributed by atoms with Crippen LogP contribution < -0.4 is 5.73 Å². The van der Waals surface area contributed by atoms with E-state index in [1.54, 1.807) is 11.6 Å². The van der Waals surface area contributed by atoms with Crippen molar-refractivity contribution >= 4 is 17.6 Å². The molecule has 0 aliphatic heterocycles. The van der Waals surface area contributed by atoms with Gasteiger partial charge in [0.05, 0.1) is 18.5 Å². The summed E-state index contributed by atoms with van der Waals surface area (Å²) >= 11 is 0. The van der Waals surface area contributed by atoms with Crippen LogP contribution in [0.3, 0.4) is 0 Å². The lowest BCUT2D eigenvalue weighted by atomic mass is 10.3. The highest BCUT2D eigenvalue weighted by molar-refractivity contribution is 5.99. The van der Waals surface area contributed by atoms with Gasteiger partial charge in [0.25, 0.3) is 5.91 Å². The second-order valence-corrected chi connectivity index (χ2v) is 4.73.